The van der Waals surface area contributed by atoms with E-state index in [0.29, 0.717) is 0 Å². The summed E-state index contributed by atoms with van der Waals surface area (Å²) in [7, 11) is -7.90. The monoisotopic (exact) mass is 544 g/mol. The van der Waals surface area contributed by atoms with Crippen LogP contribution in [0.15, 0.2) is 0 Å². The molecule has 0 saturated carbocycles. The molecule has 0 heterocycles. The van der Waals surface area contributed by atoms with Gasteiger partial charge in [0.1, 0.15) is 0 Å². The van der Waals surface area contributed by atoms with Crippen molar-refractivity contribution < 1.29 is 92.3 Å². The van der Waals surface area contributed by atoms with Gasteiger partial charge in [0.2, 0.25) is 0 Å². The van der Waals surface area contributed by atoms with Crippen molar-refractivity contribution in [3.63, 3.8) is 0 Å². The molecule has 0 bridgehead atoms. The molecule has 0 spiro atoms. The van der Waals surface area contributed by atoms with Crippen LogP contribution < -0.4 is 0 Å². The quantitative estimate of drug-likeness (QED) is 0.260. The summed E-state index contributed by atoms with van der Waals surface area (Å²) in [6.45, 7) is -1.08. The van der Waals surface area contributed by atoms with Gasteiger partial charge in [0.05, 0.1) is 0 Å². The Morgan fingerprint density at radius 2 is 0.594 bits per heavy atom. The van der Waals surface area contributed by atoms with E-state index >= 15 is 0 Å². The molecule has 0 aromatic heterocycles. The second kappa shape index (κ2) is 8.89. The fraction of sp³-hybridized carbons (Fsp3) is 1.00. The summed E-state index contributed by atoms with van der Waals surface area (Å²) in [5.41, 5.74) is 0. The van der Waals surface area contributed by atoms with Gasteiger partial charge in [-0.05, 0) is 0 Å². The van der Waals surface area contributed by atoms with Crippen LogP contribution in [0.4, 0.5) is 79.0 Å². The molecular formula is C10H6F18O3Si. The molecule has 3 atom stereocenters. The summed E-state index contributed by atoms with van der Waals surface area (Å²) in [6.07, 6.45) is -38.5. The Hall–Kier alpha value is -1.16. The second-order valence-electron chi connectivity index (χ2n) is 5.50. The molecule has 194 valence electrons. The van der Waals surface area contributed by atoms with Crippen molar-refractivity contribution in [2.24, 2.45) is 0 Å². The Balaban J connectivity index is 6.91. The first-order valence-electron chi connectivity index (χ1n) is 6.92. The topological polar surface area (TPSA) is 27.7 Å². The van der Waals surface area contributed by atoms with Crippen molar-refractivity contribution in [3.05, 3.63) is 0 Å². The summed E-state index contributed by atoms with van der Waals surface area (Å²) < 4.78 is 237. The molecule has 0 radical (unpaired) electrons. The minimum atomic E-state index is -7.90. The van der Waals surface area contributed by atoms with E-state index in [1.807, 2.05) is 0 Å². The molecule has 0 aromatic carbocycles. The van der Waals surface area contributed by atoms with Gasteiger partial charge in [-0.25, -0.2) is 26.3 Å². The highest BCUT2D eigenvalue weighted by Crippen LogP contribution is 2.49. The van der Waals surface area contributed by atoms with Crippen LogP contribution in [-0.2, 0) is 13.3 Å². The van der Waals surface area contributed by atoms with Gasteiger partial charge in [-0.15, -0.1) is 0 Å². The van der Waals surface area contributed by atoms with Gasteiger partial charge < -0.3 is 13.3 Å². The fourth-order valence-electron chi connectivity index (χ4n) is 1.55. The molecule has 0 rings (SSSR count). The SMILES string of the molecule is C[Si](OC(F)(C(F)F)C(F)(F)F)(OC(F)(C(F)F)C(F)(F)F)OC(F)(C(F)F)C(F)(F)F. The third kappa shape index (κ3) is 5.84. The Morgan fingerprint density at radius 3 is 0.688 bits per heavy atom. The molecule has 0 N–H and O–H groups in total. The van der Waals surface area contributed by atoms with Crippen LogP contribution in [0.5, 0.6) is 0 Å². The third-order valence-electron chi connectivity index (χ3n) is 3.00. The van der Waals surface area contributed by atoms with Gasteiger partial charge in [0, 0.05) is 6.55 Å². The maximum Gasteiger partial charge on any atom is 0.505 e. The number of hydrogen-bond donors (Lipinski definition) is 0. The largest absolute Gasteiger partial charge is 0.505 e. The lowest BCUT2D eigenvalue weighted by atomic mass is 10.3. The molecule has 32 heavy (non-hydrogen) atoms. The van der Waals surface area contributed by atoms with Gasteiger partial charge >= 0.3 is 64.2 Å². The zero-order valence-electron chi connectivity index (χ0n) is 14.3. The molecule has 22 heteroatoms. The van der Waals surface area contributed by atoms with E-state index in [1.54, 1.807) is 0 Å². The van der Waals surface area contributed by atoms with Crippen molar-refractivity contribution >= 4 is 8.80 Å². The molecule has 3 unspecified atom stereocenters. The average Bonchev–Trinajstić information content (AvgIpc) is 2.50. The van der Waals surface area contributed by atoms with Crippen LogP contribution in [0, 0.1) is 0 Å². The Morgan fingerprint density at radius 1 is 0.438 bits per heavy atom. The van der Waals surface area contributed by atoms with E-state index in [-0.39, 0.29) is 0 Å². The molecule has 0 fully saturated rings. The highest BCUT2D eigenvalue weighted by Gasteiger charge is 2.76. The predicted octanol–water partition coefficient (Wildman–Crippen LogP) is 6.08. The van der Waals surface area contributed by atoms with Crippen molar-refractivity contribution in [2.45, 2.75) is 61.9 Å². The van der Waals surface area contributed by atoms with Crippen LogP contribution in [0.2, 0.25) is 6.55 Å². The zero-order valence-corrected chi connectivity index (χ0v) is 15.3. The highest BCUT2D eigenvalue weighted by atomic mass is 28.4. The first kappa shape index (κ1) is 30.8. The van der Waals surface area contributed by atoms with Crippen molar-refractivity contribution in [1.29, 1.82) is 0 Å². The molecule has 0 aliphatic rings. The first-order chi connectivity index (χ1) is 13.7. The first-order valence-corrected chi connectivity index (χ1v) is 9.14. The van der Waals surface area contributed by atoms with Gasteiger partial charge in [-0.1, -0.05) is 0 Å². The number of alkyl halides is 18. The smallest absolute Gasteiger partial charge is 0.328 e. The summed E-state index contributed by atoms with van der Waals surface area (Å²) in [5.74, 6) is -20.4. The van der Waals surface area contributed by atoms with Crippen molar-refractivity contribution in [2.75, 3.05) is 0 Å². The van der Waals surface area contributed by atoms with E-state index in [9.17, 15) is 79.0 Å². The summed E-state index contributed by atoms with van der Waals surface area (Å²) >= 11 is 0. The van der Waals surface area contributed by atoms with Crippen molar-refractivity contribution in [1.82, 2.24) is 0 Å². The van der Waals surface area contributed by atoms with Crippen LogP contribution in [-0.4, -0.2) is 64.2 Å². The van der Waals surface area contributed by atoms with E-state index in [2.05, 4.69) is 13.3 Å². The maximum absolute atomic E-state index is 13.7. The standard InChI is InChI=1S/C10H6F18O3Si/c1-32(29-5(17,2(11)12)8(20,21)22,30-6(18,3(13)14)9(23,24)25)31-7(19,4(15)16)10(26,27)28/h2-4H,1H3. The highest BCUT2D eigenvalue weighted by molar-refractivity contribution is 6.59. The number of hydrogen-bond acceptors (Lipinski definition) is 3. The molecule has 0 aromatic rings. The van der Waals surface area contributed by atoms with Crippen molar-refractivity contribution in [3.8, 4) is 0 Å². The normalized spacial score (nSPS) is 21.9. The van der Waals surface area contributed by atoms with Crippen LogP contribution >= 0.6 is 0 Å². The summed E-state index contributed by atoms with van der Waals surface area (Å²) in [5, 5.41) is 0. The van der Waals surface area contributed by atoms with Gasteiger partial charge in [-0.2, -0.15) is 52.7 Å². The molecule has 0 aliphatic heterocycles. The van der Waals surface area contributed by atoms with Crippen LogP contribution in [0.1, 0.15) is 0 Å². The Labute approximate surface area is 164 Å². The van der Waals surface area contributed by atoms with E-state index in [0.717, 1.165) is 0 Å². The summed E-state index contributed by atoms with van der Waals surface area (Å²) in [6, 6.07) is 0. The zero-order chi connectivity index (χ0) is 26.4. The lowest BCUT2D eigenvalue weighted by Crippen LogP contribution is -2.67. The molecule has 0 saturated heterocycles. The molecule has 0 amide bonds. The lowest BCUT2D eigenvalue weighted by Gasteiger charge is -2.41. The van der Waals surface area contributed by atoms with Gasteiger partial charge in [-0.3, -0.25) is 0 Å². The third-order valence-corrected chi connectivity index (χ3v) is 5.01. The summed E-state index contributed by atoms with van der Waals surface area (Å²) in [4.78, 5) is 0. The Kier molecular flexibility index (Phi) is 8.56. The minimum absolute atomic E-state index is 1.08. The van der Waals surface area contributed by atoms with Crippen LogP contribution in [0.3, 0.4) is 0 Å². The van der Waals surface area contributed by atoms with E-state index in [1.165, 1.54) is 0 Å². The van der Waals surface area contributed by atoms with Crippen LogP contribution in [0.25, 0.3) is 0 Å². The second-order valence-corrected chi connectivity index (χ2v) is 7.84. The number of rotatable bonds is 9. The van der Waals surface area contributed by atoms with E-state index in [4.69, 9.17) is 0 Å². The van der Waals surface area contributed by atoms with Gasteiger partial charge in [0.15, 0.2) is 0 Å². The minimum Gasteiger partial charge on any atom is -0.328 e. The Bertz CT molecular complexity index is 548. The molecule has 3 nitrogen and oxygen atoms in total. The molecule has 0 aliphatic carbocycles. The number of halogens is 18. The molecular weight excluding hydrogens is 538 g/mol. The fourth-order valence-corrected chi connectivity index (χ4v) is 3.91. The predicted molar refractivity (Wildman–Crippen MR) is 62.6 cm³/mol. The van der Waals surface area contributed by atoms with E-state index < -0.39 is 70.7 Å². The van der Waals surface area contributed by atoms with Gasteiger partial charge in [0.25, 0.3) is 0 Å². The average molecular weight is 544 g/mol. The lowest BCUT2D eigenvalue weighted by molar-refractivity contribution is -0.397. The maximum atomic E-state index is 13.7.